The van der Waals surface area contributed by atoms with E-state index in [0.29, 0.717) is 16.8 Å². The SMILES string of the molecule is CCC(C)C(N)C(=O)Nc1cccc(C(N)=O)c1C. The maximum atomic E-state index is 12.0. The summed E-state index contributed by atoms with van der Waals surface area (Å²) in [5.41, 5.74) is 12.8. The summed E-state index contributed by atoms with van der Waals surface area (Å²) in [6, 6.07) is 4.46. The molecule has 0 aliphatic rings. The molecule has 0 radical (unpaired) electrons. The second-order valence-corrected chi connectivity index (χ2v) is 4.74. The highest BCUT2D eigenvalue weighted by molar-refractivity contribution is 5.99. The molecule has 0 bridgehead atoms. The molecule has 1 rings (SSSR count). The highest BCUT2D eigenvalue weighted by Gasteiger charge is 2.20. The molecule has 1 aromatic rings. The molecule has 0 aromatic heterocycles. The zero-order valence-corrected chi connectivity index (χ0v) is 11.6. The number of carbonyl (C=O) groups is 2. The van der Waals surface area contributed by atoms with Gasteiger partial charge in [0.05, 0.1) is 6.04 Å². The number of benzene rings is 1. The second kappa shape index (κ2) is 6.33. The molecule has 5 heteroatoms. The van der Waals surface area contributed by atoms with Crippen molar-refractivity contribution >= 4 is 17.5 Å². The number of nitrogens with two attached hydrogens (primary N) is 2. The fourth-order valence-electron chi connectivity index (χ4n) is 1.77. The van der Waals surface area contributed by atoms with E-state index in [-0.39, 0.29) is 11.8 Å². The molecule has 2 atom stereocenters. The number of carbonyl (C=O) groups excluding carboxylic acids is 2. The zero-order chi connectivity index (χ0) is 14.6. The minimum atomic E-state index is -0.568. The molecule has 2 unspecified atom stereocenters. The number of amides is 2. The molecule has 104 valence electrons. The van der Waals surface area contributed by atoms with Crippen LogP contribution in [0.4, 0.5) is 5.69 Å². The van der Waals surface area contributed by atoms with Gasteiger partial charge in [0.15, 0.2) is 0 Å². The molecular formula is C14H21N3O2. The lowest BCUT2D eigenvalue weighted by Crippen LogP contribution is -2.40. The summed E-state index contributed by atoms with van der Waals surface area (Å²) in [5.74, 6) is -0.668. The maximum Gasteiger partial charge on any atom is 0.249 e. The van der Waals surface area contributed by atoms with Gasteiger partial charge in [-0.25, -0.2) is 0 Å². The highest BCUT2D eigenvalue weighted by Crippen LogP contribution is 2.19. The number of primary amides is 1. The van der Waals surface area contributed by atoms with Crippen molar-refractivity contribution in [2.45, 2.75) is 33.2 Å². The van der Waals surface area contributed by atoms with E-state index in [0.717, 1.165) is 6.42 Å². The van der Waals surface area contributed by atoms with Gasteiger partial charge in [-0.05, 0) is 30.5 Å². The van der Waals surface area contributed by atoms with Crippen LogP contribution in [0.2, 0.25) is 0 Å². The van der Waals surface area contributed by atoms with Crippen LogP contribution in [0.5, 0.6) is 0 Å². The molecule has 0 aliphatic heterocycles. The van der Waals surface area contributed by atoms with Gasteiger partial charge in [-0.15, -0.1) is 0 Å². The van der Waals surface area contributed by atoms with E-state index in [4.69, 9.17) is 11.5 Å². The van der Waals surface area contributed by atoms with Gasteiger partial charge in [0, 0.05) is 11.3 Å². The Labute approximate surface area is 113 Å². The van der Waals surface area contributed by atoms with E-state index in [9.17, 15) is 9.59 Å². The van der Waals surface area contributed by atoms with Crippen molar-refractivity contribution in [3.8, 4) is 0 Å². The molecule has 1 aromatic carbocycles. The first-order valence-corrected chi connectivity index (χ1v) is 6.34. The third kappa shape index (κ3) is 3.54. The first-order chi connectivity index (χ1) is 8.88. The largest absolute Gasteiger partial charge is 0.366 e. The topological polar surface area (TPSA) is 98.2 Å². The number of rotatable bonds is 5. The standard InChI is InChI=1S/C14H21N3O2/c1-4-8(2)12(15)14(19)17-11-7-5-6-10(9(11)3)13(16)18/h5-8,12H,4,15H2,1-3H3,(H2,16,18)(H,17,19). The molecule has 0 saturated carbocycles. The van der Waals surface area contributed by atoms with Crippen LogP contribution in [0.15, 0.2) is 18.2 Å². The summed E-state index contributed by atoms with van der Waals surface area (Å²) in [6.45, 7) is 5.65. The molecule has 0 fully saturated rings. The van der Waals surface area contributed by atoms with Crippen molar-refractivity contribution in [3.05, 3.63) is 29.3 Å². The van der Waals surface area contributed by atoms with Gasteiger partial charge in [-0.2, -0.15) is 0 Å². The average molecular weight is 263 g/mol. The van der Waals surface area contributed by atoms with Gasteiger partial charge in [0.1, 0.15) is 0 Å². The lowest BCUT2D eigenvalue weighted by molar-refractivity contribution is -0.118. The third-order valence-electron chi connectivity index (χ3n) is 3.42. The van der Waals surface area contributed by atoms with Gasteiger partial charge < -0.3 is 16.8 Å². The Morgan fingerprint density at radius 2 is 2.00 bits per heavy atom. The quantitative estimate of drug-likeness (QED) is 0.749. The van der Waals surface area contributed by atoms with Gasteiger partial charge in [-0.3, -0.25) is 9.59 Å². The maximum absolute atomic E-state index is 12.0. The van der Waals surface area contributed by atoms with Crippen molar-refractivity contribution < 1.29 is 9.59 Å². The smallest absolute Gasteiger partial charge is 0.249 e. The van der Waals surface area contributed by atoms with Crippen LogP contribution in [0, 0.1) is 12.8 Å². The average Bonchev–Trinajstić information content (AvgIpc) is 2.38. The number of hydrogen-bond donors (Lipinski definition) is 3. The minimum Gasteiger partial charge on any atom is -0.366 e. The Kier molecular flexibility index (Phi) is 5.06. The monoisotopic (exact) mass is 263 g/mol. The Hall–Kier alpha value is -1.88. The summed E-state index contributed by atoms with van der Waals surface area (Å²) in [7, 11) is 0. The third-order valence-corrected chi connectivity index (χ3v) is 3.42. The van der Waals surface area contributed by atoms with Crippen LogP contribution in [0.25, 0.3) is 0 Å². The Balaban J connectivity index is 2.92. The fourth-order valence-corrected chi connectivity index (χ4v) is 1.77. The number of nitrogens with one attached hydrogen (secondary N) is 1. The van der Waals surface area contributed by atoms with Gasteiger partial charge in [-0.1, -0.05) is 26.3 Å². The fraction of sp³-hybridized carbons (Fsp3) is 0.429. The summed E-state index contributed by atoms with van der Waals surface area (Å²) in [6.07, 6.45) is 0.828. The van der Waals surface area contributed by atoms with Gasteiger partial charge in [0.25, 0.3) is 0 Å². The van der Waals surface area contributed by atoms with Crippen LogP contribution in [0.1, 0.15) is 36.2 Å². The zero-order valence-electron chi connectivity index (χ0n) is 11.6. The molecule has 5 N–H and O–H groups in total. The van der Waals surface area contributed by atoms with Crippen LogP contribution in [-0.4, -0.2) is 17.9 Å². The van der Waals surface area contributed by atoms with E-state index in [1.54, 1.807) is 25.1 Å². The van der Waals surface area contributed by atoms with E-state index in [1.165, 1.54) is 0 Å². The van der Waals surface area contributed by atoms with Crippen molar-refractivity contribution in [2.75, 3.05) is 5.32 Å². The normalized spacial score (nSPS) is 13.7. The predicted molar refractivity (Wildman–Crippen MR) is 75.8 cm³/mol. The van der Waals surface area contributed by atoms with E-state index >= 15 is 0 Å². The molecule has 2 amide bonds. The Bertz CT molecular complexity index is 486. The second-order valence-electron chi connectivity index (χ2n) is 4.74. The van der Waals surface area contributed by atoms with Crippen molar-refractivity contribution in [1.29, 1.82) is 0 Å². The number of anilines is 1. The molecule has 0 spiro atoms. The summed E-state index contributed by atoms with van der Waals surface area (Å²) in [5, 5.41) is 2.75. The summed E-state index contributed by atoms with van der Waals surface area (Å²) < 4.78 is 0. The van der Waals surface area contributed by atoms with Crippen molar-refractivity contribution in [1.82, 2.24) is 0 Å². The molecule has 19 heavy (non-hydrogen) atoms. The molecule has 0 saturated heterocycles. The van der Waals surface area contributed by atoms with Gasteiger partial charge >= 0.3 is 0 Å². The minimum absolute atomic E-state index is 0.0969. The first kappa shape index (κ1) is 15.2. The first-order valence-electron chi connectivity index (χ1n) is 6.34. The van der Waals surface area contributed by atoms with Crippen LogP contribution in [0.3, 0.4) is 0 Å². The summed E-state index contributed by atoms with van der Waals surface area (Å²) in [4.78, 5) is 23.2. The lowest BCUT2D eigenvalue weighted by Gasteiger charge is -2.19. The summed E-state index contributed by atoms with van der Waals surface area (Å²) >= 11 is 0. The Morgan fingerprint density at radius 1 is 1.37 bits per heavy atom. The van der Waals surface area contributed by atoms with Crippen molar-refractivity contribution in [3.63, 3.8) is 0 Å². The molecular weight excluding hydrogens is 242 g/mol. The molecule has 0 aliphatic carbocycles. The van der Waals surface area contributed by atoms with E-state index in [1.807, 2.05) is 13.8 Å². The highest BCUT2D eigenvalue weighted by atomic mass is 16.2. The lowest BCUT2D eigenvalue weighted by atomic mass is 9.99. The Morgan fingerprint density at radius 3 is 2.53 bits per heavy atom. The van der Waals surface area contributed by atoms with Crippen LogP contribution in [-0.2, 0) is 4.79 Å². The van der Waals surface area contributed by atoms with Crippen molar-refractivity contribution in [2.24, 2.45) is 17.4 Å². The van der Waals surface area contributed by atoms with Gasteiger partial charge in [0.2, 0.25) is 11.8 Å². The van der Waals surface area contributed by atoms with Crippen LogP contribution >= 0.6 is 0 Å². The van der Waals surface area contributed by atoms with E-state index in [2.05, 4.69) is 5.32 Å². The van der Waals surface area contributed by atoms with Crippen LogP contribution < -0.4 is 16.8 Å². The van der Waals surface area contributed by atoms with E-state index < -0.39 is 11.9 Å². The predicted octanol–water partition coefficient (Wildman–Crippen LogP) is 1.41. The molecule has 5 nitrogen and oxygen atoms in total. The number of hydrogen-bond acceptors (Lipinski definition) is 3. The molecule has 0 heterocycles.